The van der Waals surface area contributed by atoms with Crippen LogP contribution in [0.1, 0.15) is 18.2 Å². The van der Waals surface area contributed by atoms with Gasteiger partial charge in [-0.05, 0) is 62.0 Å². The van der Waals surface area contributed by atoms with E-state index >= 15 is 0 Å². The maximum absolute atomic E-state index is 12.9. The van der Waals surface area contributed by atoms with E-state index in [1.165, 1.54) is 0 Å². The Morgan fingerprint density at radius 1 is 1.12 bits per heavy atom. The topological polar surface area (TPSA) is 80.6 Å². The molecule has 0 atom stereocenters. The molecule has 2 heterocycles. The van der Waals surface area contributed by atoms with Crippen LogP contribution in [-0.2, 0) is 16.6 Å². The van der Waals surface area contributed by atoms with Crippen molar-refractivity contribution in [3.8, 4) is 5.75 Å². The van der Waals surface area contributed by atoms with Gasteiger partial charge in [0.2, 0.25) is 5.91 Å². The molecule has 0 spiro atoms. The number of anilines is 1. The SMILES string of the molecule is CCOc1ccc(NC(=O)CN2C(=O)S/C(=C\c3c(C)n(C)c4ccccc34)C2=O)cc1. The Hall–Kier alpha value is -3.52. The van der Waals surface area contributed by atoms with Gasteiger partial charge >= 0.3 is 0 Å². The lowest BCUT2D eigenvalue weighted by molar-refractivity contribution is -0.127. The van der Waals surface area contributed by atoms with Gasteiger partial charge in [-0.3, -0.25) is 19.3 Å². The first-order valence-corrected chi connectivity index (χ1v) is 11.0. The molecule has 4 rings (SSSR count). The van der Waals surface area contributed by atoms with Crippen LogP contribution in [0.15, 0.2) is 53.4 Å². The summed E-state index contributed by atoms with van der Waals surface area (Å²) in [5.41, 5.74) is 3.50. The number of nitrogens with zero attached hydrogens (tertiary/aromatic N) is 2. The fourth-order valence-electron chi connectivity index (χ4n) is 3.64. The highest BCUT2D eigenvalue weighted by Gasteiger charge is 2.36. The van der Waals surface area contributed by atoms with E-state index in [4.69, 9.17) is 4.74 Å². The molecule has 1 saturated heterocycles. The number of para-hydroxylation sites is 1. The summed E-state index contributed by atoms with van der Waals surface area (Å²) in [4.78, 5) is 39.1. The van der Waals surface area contributed by atoms with E-state index in [1.807, 2.05) is 45.2 Å². The maximum atomic E-state index is 12.9. The molecule has 3 aromatic rings. The normalized spacial score (nSPS) is 15.1. The van der Waals surface area contributed by atoms with Crippen LogP contribution in [0.25, 0.3) is 17.0 Å². The number of fused-ring (bicyclic) bond motifs is 1. The van der Waals surface area contributed by atoms with Gasteiger partial charge in [0.05, 0.1) is 11.5 Å². The number of ether oxygens (including phenoxy) is 1. The number of hydrogen-bond acceptors (Lipinski definition) is 5. The molecule has 0 bridgehead atoms. The minimum Gasteiger partial charge on any atom is -0.494 e. The molecule has 0 saturated carbocycles. The Bertz CT molecular complexity index is 1240. The summed E-state index contributed by atoms with van der Waals surface area (Å²) in [6.45, 7) is 4.07. The average molecular weight is 450 g/mol. The smallest absolute Gasteiger partial charge is 0.294 e. The third-order valence-electron chi connectivity index (χ3n) is 5.35. The van der Waals surface area contributed by atoms with E-state index < -0.39 is 17.1 Å². The van der Waals surface area contributed by atoms with Gasteiger partial charge < -0.3 is 14.6 Å². The Morgan fingerprint density at radius 3 is 2.56 bits per heavy atom. The van der Waals surface area contributed by atoms with E-state index in [0.717, 1.165) is 38.8 Å². The van der Waals surface area contributed by atoms with Gasteiger partial charge in [0.25, 0.3) is 11.1 Å². The number of carbonyl (C=O) groups excluding carboxylic acids is 3. The van der Waals surface area contributed by atoms with Crippen molar-refractivity contribution in [2.45, 2.75) is 13.8 Å². The number of thioether (sulfide) groups is 1. The first kappa shape index (κ1) is 21.7. The van der Waals surface area contributed by atoms with Gasteiger partial charge in [-0.15, -0.1) is 0 Å². The molecule has 0 unspecified atom stereocenters. The molecule has 32 heavy (non-hydrogen) atoms. The summed E-state index contributed by atoms with van der Waals surface area (Å²) in [5, 5.41) is 3.26. The van der Waals surface area contributed by atoms with Crippen LogP contribution in [0.4, 0.5) is 10.5 Å². The van der Waals surface area contributed by atoms with Gasteiger partial charge in [0.1, 0.15) is 12.3 Å². The monoisotopic (exact) mass is 449 g/mol. The van der Waals surface area contributed by atoms with Crippen LogP contribution in [0, 0.1) is 6.92 Å². The summed E-state index contributed by atoms with van der Waals surface area (Å²) in [6.07, 6.45) is 1.74. The molecule has 2 aromatic carbocycles. The second-order valence-corrected chi connectivity index (χ2v) is 8.34. The van der Waals surface area contributed by atoms with Gasteiger partial charge in [-0.25, -0.2) is 0 Å². The largest absolute Gasteiger partial charge is 0.494 e. The first-order chi connectivity index (χ1) is 15.4. The summed E-state index contributed by atoms with van der Waals surface area (Å²) in [5.74, 6) is -0.210. The van der Waals surface area contributed by atoms with E-state index in [2.05, 4.69) is 9.88 Å². The van der Waals surface area contributed by atoms with Gasteiger partial charge in [0, 0.05) is 34.9 Å². The molecule has 164 valence electrons. The van der Waals surface area contributed by atoms with Gasteiger partial charge in [-0.1, -0.05) is 18.2 Å². The van der Waals surface area contributed by atoms with Crippen molar-refractivity contribution in [2.24, 2.45) is 7.05 Å². The molecule has 3 amide bonds. The van der Waals surface area contributed by atoms with Crippen molar-refractivity contribution < 1.29 is 19.1 Å². The minimum absolute atomic E-state index is 0.309. The van der Waals surface area contributed by atoms with Crippen LogP contribution in [0.5, 0.6) is 5.75 Å². The van der Waals surface area contributed by atoms with Crippen molar-refractivity contribution in [3.63, 3.8) is 0 Å². The lowest BCUT2D eigenvalue weighted by atomic mass is 10.1. The number of rotatable bonds is 6. The zero-order chi connectivity index (χ0) is 22.8. The van der Waals surface area contributed by atoms with Crippen LogP contribution in [-0.4, -0.2) is 39.7 Å². The van der Waals surface area contributed by atoms with E-state index in [1.54, 1.807) is 30.3 Å². The van der Waals surface area contributed by atoms with Gasteiger partial charge in [-0.2, -0.15) is 0 Å². The second-order valence-electron chi connectivity index (χ2n) is 7.35. The van der Waals surface area contributed by atoms with Crippen molar-refractivity contribution in [1.29, 1.82) is 0 Å². The number of nitrogens with one attached hydrogen (secondary N) is 1. The summed E-state index contributed by atoms with van der Waals surface area (Å²) in [7, 11) is 1.96. The number of benzene rings is 2. The second kappa shape index (κ2) is 8.92. The predicted octanol–water partition coefficient (Wildman–Crippen LogP) is 4.56. The molecule has 1 fully saturated rings. The lowest BCUT2D eigenvalue weighted by Gasteiger charge is -2.12. The molecule has 8 heteroatoms. The molecular formula is C24H23N3O4S. The Kier molecular flexibility index (Phi) is 6.05. The molecule has 0 aliphatic carbocycles. The Labute approximate surface area is 190 Å². The number of amides is 3. The van der Waals surface area contributed by atoms with E-state index in [0.29, 0.717) is 22.9 Å². The van der Waals surface area contributed by atoms with Crippen molar-refractivity contribution in [1.82, 2.24) is 9.47 Å². The van der Waals surface area contributed by atoms with Crippen LogP contribution in [0.3, 0.4) is 0 Å². The van der Waals surface area contributed by atoms with E-state index in [-0.39, 0.29) is 6.54 Å². The van der Waals surface area contributed by atoms with Crippen LogP contribution < -0.4 is 10.1 Å². The molecule has 1 aliphatic heterocycles. The summed E-state index contributed by atoms with van der Waals surface area (Å²) < 4.78 is 7.43. The fourth-order valence-corrected chi connectivity index (χ4v) is 4.47. The Balaban J connectivity index is 1.50. The number of carbonyl (C=O) groups is 3. The number of aromatic nitrogens is 1. The quantitative estimate of drug-likeness (QED) is 0.558. The molecule has 7 nitrogen and oxygen atoms in total. The summed E-state index contributed by atoms with van der Waals surface area (Å²) >= 11 is 0.852. The zero-order valence-electron chi connectivity index (χ0n) is 18.0. The molecule has 0 radical (unpaired) electrons. The lowest BCUT2D eigenvalue weighted by Crippen LogP contribution is -2.36. The zero-order valence-corrected chi connectivity index (χ0v) is 18.9. The third kappa shape index (κ3) is 4.13. The summed E-state index contributed by atoms with van der Waals surface area (Å²) in [6, 6.07) is 14.8. The average Bonchev–Trinajstić information content (AvgIpc) is 3.18. The highest BCUT2D eigenvalue weighted by molar-refractivity contribution is 8.18. The van der Waals surface area contributed by atoms with Crippen LogP contribution in [0.2, 0.25) is 0 Å². The van der Waals surface area contributed by atoms with Crippen molar-refractivity contribution >= 4 is 51.5 Å². The van der Waals surface area contributed by atoms with Gasteiger partial charge in [0.15, 0.2) is 0 Å². The van der Waals surface area contributed by atoms with Crippen molar-refractivity contribution in [2.75, 3.05) is 18.5 Å². The fraction of sp³-hybridized carbons (Fsp3) is 0.208. The number of aryl methyl sites for hydroxylation is 1. The maximum Gasteiger partial charge on any atom is 0.294 e. The first-order valence-electron chi connectivity index (χ1n) is 10.2. The highest BCUT2D eigenvalue weighted by Crippen LogP contribution is 2.35. The number of hydrogen-bond donors (Lipinski definition) is 1. The Morgan fingerprint density at radius 2 is 1.84 bits per heavy atom. The number of imide groups is 1. The van der Waals surface area contributed by atoms with Crippen molar-refractivity contribution in [3.05, 3.63) is 64.7 Å². The minimum atomic E-state index is -0.464. The molecular weight excluding hydrogens is 426 g/mol. The standard InChI is InChI=1S/C24H23N3O4S/c1-4-31-17-11-9-16(10-12-17)25-22(28)14-27-23(29)21(32-24(27)30)13-19-15(2)26(3)20-8-6-5-7-18(19)20/h5-13H,4,14H2,1-3H3,(H,25,28)/b21-13-. The molecule has 1 N–H and O–H groups in total. The van der Waals surface area contributed by atoms with Crippen LogP contribution >= 0.6 is 11.8 Å². The van der Waals surface area contributed by atoms with E-state index in [9.17, 15) is 14.4 Å². The predicted molar refractivity (Wildman–Crippen MR) is 127 cm³/mol. The molecule has 1 aromatic heterocycles. The molecule has 1 aliphatic rings. The highest BCUT2D eigenvalue weighted by atomic mass is 32.2. The third-order valence-corrected chi connectivity index (χ3v) is 6.26.